The summed E-state index contributed by atoms with van der Waals surface area (Å²) in [7, 11) is 0. The summed E-state index contributed by atoms with van der Waals surface area (Å²) >= 11 is 0. The molecule has 1 unspecified atom stereocenters. The van der Waals surface area contributed by atoms with Gasteiger partial charge >= 0.3 is 0 Å². The summed E-state index contributed by atoms with van der Waals surface area (Å²) in [6.07, 6.45) is 4.99. The number of benzene rings is 2. The van der Waals surface area contributed by atoms with Gasteiger partial charge in [0.2, 0.25) is 0 Å². The molecule has 0 nitrogen and oxygen atoms in total. The molecular formula is C20H26. The van der Waals surface area contributed by atoms with Crippen molar-refractivity contribution in [3.05, 3.63) is 71.8 Å². The van der Waals surface area contributed by atoms with Gasteiger partial charge in [0, 0.05) is 0 Å². The van der Waals surface area contributed by atoms with Gasteiger partial charge in [0.1, 0.15) is 0 Å². The van der Waals surface area contributed by atoms with E-state index in [1.807, 2.05) is 0 Å². The fraction of sp³-hybridized carbons (Fsp3) is 0.400. The molecule has 0 N–H and O–H groups in total. The van der Waals surface area contributed by atoms with Crippen molar-refractivity contribution in [2.45, 2.75) is 39.5 Å². The van der Waals surface area contributed by atoms with E-state index >= 15 is 0 Å². The lowest BCUT2D eigenvalue weighted by Gasteiger charge is -2.24. The molecule has 0 aliphatic heterocycles. The van der Waals surface area contributed by atoms with Crippen LogP contribution in [0.3, 0.4) is 0 Å². The lowest BCUT2D eigenvalue weighted by molar-refractivity contribution is 0.330. The molecule has 0 saturated heterocycles. The van der Waals surface area contributed by atoms with Crippen LogP contribution < -0.4 is 0 Å². The van der Waals surface area contributed by atoms with Gasteiger partial charge in [-0.15, -0.1) is 0 Å². The van der Waals surface area contributed by atoms with E-state index in [9.17, 15) is 0 Å². The summed E-state index contributed by atoms with van der Waals surface area (Å²) in [5, 5.41) is 0. The number of hydrogen-bond donors (Lipinski definition) is 0. The Morgan fingerprint density at radius 3 is 1.60 bits per heavy atom. The van der Waals surface area contributed by atoms with Crippen LogP contribution in [0.4, 0.5) is 0 Å². The molecule has 2 rings (SSSR count). The Hall–Kier alpha value is -1.56. The van der Waals surface area contributed by atoms with Gasteiger partial charge in [-0.3, -0.25) is 0 Å². The normalized spacial score (nSPS) is 12.6. The Morgan fingerprint density at radius 2 is 1.20 bits per heavy atom. The molecule has 2 aromatic rings. The summed E-state index contributed by atoms with van der Waals surface area (Å²) in [4.78, 5) is 0. The topological polar surface area (TPSA) is 0 Å². The van der Waals surface area contributed by atoms with E-state index in [2.05, 4.69) is 74.5 Å². The van der Waals surface area contributed by atoms with E-state index in [0.29, 0.717) is 0 Å². The molecule has 0 bridgehead atoms. The van der Waals surface area contributed by atoms with Crippen molar-refractivity contribution in [3.63, 3.8) is 0 Å². The molecule has 2 aromatic carbocycles. The molecule has 0 aromatic heterocycles. The van der Waals surface area contributed by atoms with Gasteiger partial charge in [0.25, 0.3) is 0 Å². The van der Waals surface area contributed by atoms with Crippen LogP contribution >= 0.6 is 0 Å². The molecule has 0 radical (unpaired) electrons. The second kappa shape index (κ2) is 7.89. The van der Waals surface area contributed by atoms with Gasteiger partial charge in [-0.25, -0.2) is 0 Å². The predicted octanol–water partition coefficient (Wildman–Crippen LogP) is 5.52. The van der Waals surface area contributed by atoms with Gasteiger partial charge < -0.3 is 0 Å². The van der Waals surface area contributed by atoms with Crippen molar-refractivity contribution in [3.8, 4) is 0 Å². The SMILES string of the molecule is CCCC(C)C(Cc1ccccc1)Cc1ccccc1. The molecule has 0 heterocycles. The third-order valence-electron chi connectivity index (χ3n) is 4.23. The molecule has 20 heavy (non-hydrogen) atoms. The lowest BCUT2D eigenvalue weighted by Crippen LogP contribution is -2.17. The average molecular weight is 266 g/mol. The third-order valence-corrected chi connectivity index (χ3v) is 4.23. The first-order chi connectivity index (χ1) is 9.79. The van der Waals surface area contributed by atoms with E-state index < -0.39 is 0 Å². The number of hydrogen-bond acceptors (Lipinski definition) is 0. The highest BCUT2D eigenvalue weighted by Gasteiger charge is 2.17. The molecule has 0 aliphatic carbocycles. The smallest absolute Gasteiger partial charge is 0.0245 e. The van der Waals surface area contributed by atoms with E-state index in [4.69, 9.17) is 0 Å². The molecule has 0 spiro atoms. The molecule has 0 amide bonds. The standard InChI is InChI=1S/C20H26/c1-3-10-17(2)20(15-18-11-6-4-7-12-18)16-19-13-8-5-9-14-19/h4-9,11-14,17,20H,3,10,15-16H2,1-2H3. The third kappa shape index (κ3) is 4.52. The van der Waals surface area contributed by atoms with E-state index in [1.54, 1.807) is 0 Å². The Morgan fingerprint density at radius 1 is 0.750 bits per heavy atom. The maximum absolute atomic E-state index is 2.42. The van der Waals surface area contributed by atoms with Crippen molar-refractivity contribution >= 4 is 0 Å². The molecule has 0 saturated carbocycles. The zero-order valence-electron chi connectivity index (χ0n) is 12.8. The monoisotopic (exact) mass is 266 g/mol. The summed E-state index contributed by atoms with van der Waals surface area (Å²) in [5.74, 6) is 1.51. The zero-order chi connectivity index (χ0) is 14.2. The molecule has 106 valence electrons. The minimum absolute atomic E-state index is 0.736. The van der Waals surface area contributed by atoms with Gasteiger partial charge in [-0.05, 0) is 35.8 Å². The van der Waals surface area contributed by atoms with E-state index in [1.165, 1.54) is 36.8 Å². The van der Waals surface area contributed by atoms with Crippen molar-refractivity contribution < 1.29 is 0 Å². The summed E-state index contributed by atoms with van der Waals surface area (Å²) < 4.78 is 0. The Kier molecular flexibility index (Phi) is 5.86. The van der Waals surface area contributed by atoms with Crippen LogP contribution in [0.1, 0.15) is 37.8 Å². The molecule has 0 heteroatoms. The summed E-state index contributed by atoms with van der Waals surface area (Å²) in [6.45, 7) is 4.71. The maximum atomic E-state index is 2.42. The minimum Gasteiger partial charge on any atom is -0.0654 e. The molecule has 1 atom stereocenters. The number of rotatable bonds is 7. The quantitative estimate of drug-likeness (QED) is 0.618. The second-order valence-electron chi connectivity index (χ2n) is 5.91. The van der Waals surface area contributed by atoms with Crippen molar-refractivity contribution in [2.24, 2.45) is 11.8 Å². The van der Waals surface area contributed by atoms with Crippen molar-refractivity contribution in [2.75, 3.05) is 0 Å². The van der Waals surface area contributed by atoms with Crippen LogP contribution in [0.5, 0.6) is 0 Å². The van der Waals surface area contributed by atoms with E-state index in [-0.39, 0.29) is 0 Å². The first kappa shape index (κ1) is 14.8. The highest BCUT2D eigenvalue weighted by molar-refractivity contribution is 5.18. The van der Waals surface area contributed by atoms with Gasteiger partial charge in [0.15, 0.2) is 0 Å². The lowest BCUT2D eigenvalue weighted by atomic mass is 9.81. The van der Waals surface area contributed by atoms with Crippen LogP contribution in [0.25, 0.3) is 0 Å². The second-order valence-corrected chi connectivity index (χ2v) is 5.91. The minimum atomic E-state index is 0.736. The molecular weight excluding hydrogens is 240 g/mol. The van der Waals surface area contributed by atoms with Crippen LogP contribution in [-0.2, 0) is 12.8 Å². The fourth-order valence-corrected chi connectivity index (χ4v) is 3.00. The average Bonchev–Trinajstić information content (AvgIpc) is 2.49. The predicted molar refractivity (Wildman–Crippen MR) is 87.9 cm³/mol. The van der Waals surface area contributed by atoms with Crippen LogP contribution in [-0.4, -0.2) is 0 Å². The Balaban J connectivity index is 2.08. The van der Waals surface area contributed by atoms with Gasteiger partial charge in [-0.1, -0.05) is 87.4 Å². The van der Waals surface area contributed by atoms with Crippen molar-refractivity contribution in [1.82, 2.24) is 0 Å². The maximum Gasteiger partial charge on any atom is -0.0245 e. The molecule has 0 aliphatic rings. The first-order valence-electron chi connectivity index (χ1n) is 7.87. The van der Waals surface area contributed by atoms with Crippen molar-refractivity contribution in [1.29, 1.82) is 0 Å². The Labute approximate surface area is 123 Å². The zero-order valence-corrected chi connectivity index (χ0v) is 12.8. The molecule has 0 fully saturated rings. The fourth-order valence-electron chi connectivity index (χ4n) is 3.00. The highest BCUT2D eigenvalue weighted by atomic mass is 14.2. The Bertz CT molecular complexity index is 430. The van der Waals surface area contributed by atoms with Gasteiger partial charge in [-0.2, -0.15) is 0 Å². The summed E-state index contributed by atoms with van der Waals surface area (Å²) in [6, 6.07) is 21.9. The van der Waals surface area contributed by atoms with E-state index in [0.717, 1.165) is 11.8 Å². The first-order valence-corrected chi connectivity index (χ1v) is 7.87. The summed E-state index contributed by atoms with van der Waals surface area (Å²) in [5.41, 5.74) is 2.94. The van der Waals surface area contributed by atoms with Gasteiger partial charge in [0.05, 0.1) is 0 Å². The van der Waals surface area contributed by atoms with Crippen LogP contribution in [0.15, 0.2) is 60.7 Å². The largest absolute Gasteiger partial charge is 0.0654 e. The highest BCUT2D eigenvalue weighted by Crippen LogP contribution is 2.25. The van der Waals surface area contributed by atoms with Crippen LogP contribution in [0, 0.1) is 11.8 Å². The van der Waals surface area contributed by atoms with Crippen LogP contribution in [0.2, 0.25) is 0 Å².